The van der Waals surface area contributed by atoms with Gasteiger partial charge in [0.25, 0.3) is 5.91 Å². The van der Waals surface area contributed by atoms with Crippen LogP contribution in [0.5, 0.6) is 11.5 Å². The molecule has 0 unspecified atom stereocenters. The molecule has 36 heavy (non-hydrogen) atoms. The molecule has 2 heterocycles. The van der Waals surface area contributed by atoms with Crippen molar-refractivity contribution in [2.75, 3.05) is 32.2 Å². The van der Waals surface area contributed by atoms with E-state index in [4.69, 9.17) is 15.2 Å². The first kappa shape index (κ1) is 24.7. The van der Waals surface area contributed by atoms with E-state index in [0.717, 1.165) is 18.9 Å². The monoisotopic (exact) mass is 490 g/mol. The number of hydrogen-bond donors (Lipinski definition) is 3. The largest absolute Gasteiger partial charge is 0.497 e. The number of nitrogens with one attached hydrogen (secondary N) is 2. The number of amides is 2. The zero-order valence-corrected chi connectivity index (χ0v) is 20.1. The van der Waals surface area contributed by atoms with Gasteiger partial charge >= 0.3 is 0 Å². The van der Waals surface area contributed by atoms with Crippen molar-refractivity contribution >= 4 is 28.4 Å². The molecule has 0 spiro atoms. The molecule has 1 aliphatic rings. The molecule has 1 saturated heterocycles. The van der Waals surface area contributed by atoms with Crippen molar-refractivity contribution in [3.63, 3.8) is 0 Å². The highest BCUT2D eigenvalue weighted by Gasteiger charge is 2.27. The van der Waals surface area contributed by atoms with E-state index in [-0.39, 0.29) is 17.5 Å². The zero-order valence-electron chi connectivity index (χ0n) is 20.1. The van der Waals surface area contributed by atoms with Crippen LogP contribution in [0.25, 0.3) is 10.9 Å². The number of primary amides is 1. The van der Waals surface area contributed by atoms with Gasteiger partial charge in [-0.15, -0.1) is 0 Å². The number of piperidine rings is 1. The van der Waals surface area contributed by atoms with Gasteiger partial charge < -0.3 is 30.4 Å². The second kappa shape index (κ2) is 10.4. The summed E-state index contributed by atoms with van der Waals surface area (Å²) in [6.45, 7) is 4.46. The van der Waals surface area contributed by atoms with Crippen molar-refractivity contribution < 1.29 is 23.5 Å². The highest BCUT2D eigenvalue weighted by molar-refractivity contribution is 6.10. The zero-order chi connectivity index (χ0) is 25.8. The first-order valence-electron chi connectivity index (χ1n) is 11.4. The summed E-state index contributed by atoms with van der Waals surface area (Å²) in [7, 11) is 3.10. The van der Waals surface area contributed by atoms with Crippen molar-refractivity contribution in [1.82, 2.24) is 10.3 Å². The Kier molecular flexibility index (Phi) is 7.15. The Labute approximate surface area is 208 Å². The van der Waals surface area contributed by atoms with E-state index in [1.54, 1.807) is 38.6 Å². The van der Waals surface area contributed by atoms with Crippen LogP contribution in [0.15, 0.2) is 43.1 Å². The van der Waals surface area contributed by atoms with Crippen molar-refractivity contribution in [2.45, 2.75) is 18.9 Å². The number of halogens is 1. The lowest BCUT2D eigenvalue weighted by atomic mass is 10.0. The summed E-state index contributed by atoms with van der Waals surface area (Å²) >= 11 is 0. The van der Waals surface area contributed by atoms with Gasteiger partial charge in [0.1, 0.15) is 17.3 Å². The number of aromatic nitrogens is 1. The number of benzene rings is 2. The van der Waals surface area contributed by atoms with E-state index in [1.165, 1.54) is 6.08 Å². The molecule has 0 bridgehead atoms. The maximum atomic E-state index is 15.6. The minimum Gasteiger partial charge on any atom is -0.497 e. The molecule has 2 amide bonds. The van der Waals surface area contributed by atoms with Gasteiger partial charge in [0.2, 0.25) is 5.91 Å². The van der Waals surface area contributed by atoms with Gasteiger partial charge in [-0.25, -0.2) is 4.39 Å². The Morgan fingerprint density at radius 1 is 1.22 bits per heavy atom. The Bertz CT molecular complexity index is 1380. The summed E-state index contributed by atoms with van der Waals surface area (Å²) in [5.74, 6) is 5.72. The first-order chi connectivity index (χ1) is 17.3. The number of hydrogen-bond acceptors (Lipinski definition) is 5. The van der Waals surface area contributed by atoms with Crippen LogP contribution in [0, 0.1) is 17.7 Å². The maximum Gasteiger partial charge on any atom is 0.250 e. The van der Waals surface area contributed by atoms with Gasteiger partial charge in [-0.2, -0.15) is 0 Å². The van der Waals surface area contributed by atoms with Crippen LogP contribution in [0.3, 0.4) is 0 Å². The number of H-pyrrole nitrogens is 1. The second-order valence-electron chi connectivity index (χ2n) is 8.42. The number of fused-ring (bicyclic) bond motifs is 1. The van der Waals surface area contributed by atoms with Crippen LogP contribution in [-0.4, -0.2) is 50.1 Å². The fourth-order valence-electron chi connectivity index (χ4n) is 4.45. The molecule has 186 valence electrons. The van der Waals surface area contributed by atoms with Gasteiger partial charge in [0, 0.05) is 42.3 Å². The molecule has 4 N–H and O–H groups in total. The topological polar surface area (TPSA) is 110 Å². The van der Waals surface area contributed by atoms with Crippen molar-refractivity contribution in [2.24, 2.45) is 5.73 Å². The third-order valence-corrected chi connectivity index (χ3v) is 6.11. The Morgan fingerprint density at radius 2 is 1.94 bits per heavy atom. The molecule has 1 aromatic heterocycles. The normalized spacial score (nSPS) is 15.1. The van der Waals surface area contributed by atoms with E-state index >= 15 is 4.39 Å². The number of rotatable bonds is 6. The third kappa shape index (κ3) is 4.98. The highest BCUT2D eigenvalue weighted by Crippen LogP contribution is 2.36. The summed E-state index contributed by atoms with van der Waals surface area (Å²) in [6.07, 6.45) is 4.35. The molecule has 0 radical (unpaired) electrons. The van der Waals surface area contributed by atoms with Crippen LogP contribution < -0.4 is 25.4 Å². The second-order valence-corrected chi connectivity index (χ2v) is 8.42. The van der Waals surface area contributed by atoms with Crippen LogP contribution in [0.4, 0.5) is 10.1 Å². The summed E-state index contributed by atoms with van der Waals surface area (Å²) < 4.78 is 26.2. The number of nitrogens with zero attached hydrogens (tertiary/aromatic N) is 1. The van der Waals surface area contributed by atoms with Crippen LogP contribution >= 0.6 is 0 Å². The highest BCUT2D eigenvalue weighted by atomic mass is 19.1. The number of nitrogens with two attached hydrogens (primary N) is 1. The summed E-state index contributed by atoms with van der Waals surface area (Å²) in [5, 5.41) is 3.35. The Morgan fingerprint density at radius 3 is 2.58 bits per heavy atom. The maximum absolute atomic E-state index is 15.6. The number of carbonyl (C=O) groups excluding carboxylic acids is 2. The molecule has 0 saturated carbocycles. The number of carbonyl (C=O) groups is 2. The fraction of sp³-hybridized carbons (Fsp3) is 0.259. The van der Waals surface area contributed by atoms with E-state index in [9.17, 15) is 9.59 Å². The fourth-order valence-corrected chi connectivity index (χ4v) is 4.45. The minimum absolute atomic E-state index is 0.0378. The lowest BCUT2D eigenvalue weighted by molar-refractivity contribution is -0.117. The average Bonchev–Trinajstić information content (AvgIpc) is 3.30. The average molecular weight is 491 g/mol. The molecule has 0 aliphatic carbocycles. The van der Waals surface area contributed by atoms with Crippen molar-refractivity contribution in [3.05, 3.63) is 65.6 Å². The van der Waals surface area contributed by atoms with E-state index < -0.39 is 11.7 Å². The van der Waals surface area contributed by atoms with E-state index in [0.29, 0.717) is 52.3 Å². The lowest BCUT2D eigenvalue weighted by Gasteiger charge is -2.35. The van der Waals surface area contributed by atoms with Gasteiger partial charge in [-0.05, 0) is 37.1 Å². The Balaban J connectivity index is 1.82. The molecule has 1 fully saturated rings. The Hall–Kier alpha value is -4.45. The summed E-state index contributed by atoms with van der Waals surface area (Å²) in [4.78, 5) is 28.8. The first-order valence-corrected chi connectivity index (χ1v) is 11.4. The van der Waals surface area contributed by atoms with Crippen LogP contribution in [0.1, 0.15) is 34.3 Å². The predicted molar refractivity (Wildman–Crippen MR) is 136 cm³/mol. The molecule has 1 atom stereocenters. The molecule has 4 rings (SSSR count). The van der Waals surface area contributed by atoms with Gasteiger partial charge in [-0.1, -0.05) is 18.4 Å². The number of methoxy groups -OCH3 is 2. The molecule has 3 aromatic rings. The van der Waals surface area contributed by atoms with Crippen LogP contribution in [0.2, 0.25) is 0 Å². The lowest BCUT2D eigenvalue weighted by Crippen LogP contribution is -2.47. The number of aromatic amines is 1. The summed E-state index contributed by atoms with van der Waals surface area (Å²) in [6, 6.07) is 6.23. The SMILES string of the molecule is C=CC(=O)N[C@H]1CCCN(c2c(F)cc(C(N)=O)c3[nH]cc(C#Cc4cc(OC)cc(OC)c4)c23)C1. The smallest absolute Gasteiger partial charge is 0.250 e. The van der Waals surface area contributed by atoms with E-state index in [2.05, 4.69) is 28.7 Å². The molecular weight excluding hydrogens is 463 g/mol. The van der Waals surface area contributed by atoms with Gasteiger partial charge in [0.15, 0.2) is 0 Å². The summed E-state index contributed by atoms with van der Waals surface area (Å²) in [5.41, 5.74) is 7.44. The van der Waals surface area contributed by atoms with Crippen molar-refractivity contribution in [1.29, 1.82) is 0 Å². The van der Waals surface area contributed by atoms with Crippen LogP contribution in [-0.2, 0) is 4.79 Å². The molecule has 1 aliphatic heterocycles. The van der Waals surface area contributed by atoms with Crippen molar-refractivity contribution in [3.8, 4) is 23.3 Å². The molecule has 8 nitrogen and oxygen atoms in total. The number of anilines is 1. The molecular formula is C27H27FN4O4. The van der Waals surface area contributed by atoms with Gasteiger partial charge in [0.05, 0.1) is 36.6 Å². The predicted octanol–water partition coefficient (Wildman–Crippen LogP) is 3.09. The minimum atomic E-state index is -0.751. The molecule has 2 aromatic carbocycles. The number of ether oxygens (including phenoxy) is 2. The van der Waals surface area contributed by atoms with E-state index in [1.807, 2.05) is 4.90 Å². The standard InChI is InChI=1S/C27H27FN4O4/c1-4-23(33)31-18-6-5-9-32(15-18)26-22(28)13-21(27(29)34)25-24(26)17(14-30-25)8-7-16-10-19(35-2)12-20(11-16)36-3/h4,10-14,18,30H,1,5-6,9,15H2,2-3H3,(H2,29,34)(H,31,33)/t18-/m0/s1. The quantitative estimate of drug-likeness (QED) is 0.363. The molecule has 9 heteroatoms. The van der Waals surface area contributed by atoms with Gasteiger partial charge in [-0.3, -0.25) is 9.59 Å². The third-order valence-electron chi connectivity index (χ3n) is 6.11.